The van der Waals surface area contributed by atoms with Crippen LogP contribution in [-0.2, 0) is 9.53 Å². The molecule has 2 aliphatic rings. The number of piperazine rings is 1. The van der Waals surface area contributed by atoms with E-state index < -0.39 is 0 Å². The van der Waals surface area contributed by atoms with Crippen molar-refractivity contribution in [3.8, 4) is 5.75 Å². The second-order valence-corrected chi connectivity index (χ2v) is 8.01. The Morgan fingerprint density at radius 1 is 1.00 bits per heavy atom. The summed E-state index contributed by atoms with van der Waals surface area (Å²) >= 11 is 0. The zero-order valence-electron chi connectivity index (χ0n) is 16.2. The van der Waals surface area contributed by atoms with E-state index in [1.807, 2.05) is 29.2 Å². The van der Waals surface area contributed by atoms with Crippen LogP contribution in [0.5, 0.6) is 5.75 Å². The Morgan fingerprint density at radius 3 is 2.27 bits per heavy atom. The molecule has 3 rings (SSSR count). The monoisotopic (exact) mass is 361 g/mol. The Labute approximate surface area is 156 Å². The van der Waals surface area contributed by atoms with Gasteiger partial charge in [0.15, 0.2) is 0 Å². The second kappa shape index (κ2) is 8.37. The Morgan fingerprint density at radius 2 is 1.65 bits per heavy atom. The molecule has 0 radical (unpaired) electrons. The molecule has 26 heavy (non-hydrogen) atoms. The lowest BCUT2D eigenvalue weighted by molar-refractivity contribution is -0.121. The summed E-state index contributed by atoms with van der Waals surface area (Å²) < 4.78 is 10.6. The van der Waals surface area contributed by atoms with Crippen molar-refractivity contribution in [2.45, 2.75) is 13.8 Å². The predicted octanol–water partition coefficient (Wildman–Crippen LogP) is 1.70. The van der Waals surface area contributed by atoms with E-state index in [9.17, 15) is 4.79 Å². The standard InChI is InChI=1S/C20H31N3O3/c1-20(2,15-21-10-12-26-13-11-21)16-22-8-9-23(19(24)14-22)17-4-6-18(25-3)7-5-17/h4-7H,8-16H2,1-3H3. The first kappa shape index (κ1) is 19.1. The summed E-state index contributed by atoms with van der Waals surface area (Å²) in [7, 11) is 1.65. The summed E-state index contributed by atoms with van der Waals surface area (Å²) in [5.41, 5.74) is 1.10. The molecule has 2 saturated heterocycles. The number of ether oxygens (including phenoxy) is 2. The van der Waals surface area contributed by atoms with Crippen LogP contribution in [0.25, 0.3) is 0 Å². The number of rotatable bonds is 6. The van der Waals surface area contributed by atoms with Gasteiger partial charge in [-0.15, -0.1) is 0 Å². The first-order valence-electron chi connectivity index (χ1n) is 9.44. The smallest absolute Gasteiger partial charge is 0.241 e. The van der Waals surface area contributed by atoms with Gasteiger partial charge in [0.05, 0.1) is 26.9 Å². The van der Waals surface area contributed by atoms with E-state index in [1.165, 1.54) is 0 Å². The van der Waals surface area contributed by atoms with Gasteiger partial charge in [-0.05, 0) is 29.7 Å². The molecule has 1 amide bonds. The topological polar surface area (TPSA) is 45.2 Å². The van der Waals surface area contributed by atoms with Gasteiger partial charge < -0.3 is 14.4 Å². The number of carbonyl (C=O) groups is 1. The fourth-order valence-corrected chi connectivity index (χ4v) is 3.91. The summed E-state index contributed by atoms with van der Waals surface area (Å²) in [5.74, 6) is 0.980. The van der Waals surface area contributed by atoms with E-state index in [4.69, 9.17) is 9.47 Å². The fourth-order valence-electron chi connectivity index (χ4n) is 3.91. The lowest BCUT2D eigenvalue weighted by Crippen LogP contribution is -2.54. The molecule has 0 aromatic heterocycles. The molecule has 144 valence electrons. The van der Waals surface area contributed by atoms with E-state index in [-0.39, 0.29) is 11.3 Å². The first-order chi connectivity index (χ1) is 12.5. The molecule has 0 atom stereocenters. The van der Waals surface area contributed by atoms with Crippen LogP contribution in [0.4, 0.5) is 5.69 Å². The Hall–Kier alpha value is -1.63. The van der Waals surface area contributed by atoms with Crippen molar-refractivity contribution in [3.05, 3.63) is 24.3 Å². The predicted molar refractivity (Wildman–Crippen MR) is 103 cm³/mol. The van der Waals surface area contributed by atoms with Gasteiger partial charge in [0, 0.05) is 45.0 Å². The molecular formula is C20H31N3O3. The number of nitrogens with zero attached hydrogens (tertiary/aromatic N) is 3. The molecule has 0 unspecified atom stereocenters. The summed E-state index contributed by atoms with van der Waals surface area (Å²) in [6, 6.07) is 7.71. The number of methoxy groups -OCH3 is 1. The number of anilines is 1. The van der Waals surface area contributed by atoms with Gasteiger partial charge in [0.2, 0.25) is 5.91 Å². The molecule has 2 fully saturated rings. The van der Waals surface area contributed by atoms with Gasteiger partial charge >= 0.3 is 0 Å². The minimum absolute atomic E-state index is 0.153. The highest BCUT2D eigenvalue weighted by molar-refractivity contribution is 5.95. The number of hydrogen-bond donors (Lipinski definition) is 0. The molecule has 0 N–H and O–H groups in total. The highest BCUT2D eigenvalue weighted by Gasteiger charge is 2.30. The molecule has 0 aliphatic carbocycles. The zero-order valence-corrected chi connectivity index (χ0v) is 16.2. The summed E-state index contributed by atoms with van der Waals surface area (Å²) in [4.78, 5) is 19.3. The molecule has 0 saturated carbocycles. The number of benzene rings is 1. The number of carbonyl (C=O) groups excluding carboxylic acids is 1. The number of amides is 1. The maximum Gasteiger partial charge on any atom is 0.241 e. The first-order valence-corrected chi connectivity index (χ1v) is 9.44. The Bertz CT molecular complexity index is 597. The maximum atomic E-state index is 12.7. The van der Waals surface area contributed by atoms with Crippen LogP contribution in [0, 0.1) is 5.41 Å². The highest BCUT2D eigenvalue weighted by atomic mass is 16.5. The molecule has 6 nitrogen and oxygen atoms in total. The lowest BCUT2D eigenvalue weighted by atomic mass is 9.91. The third kappa shape index (κ3) is 4.96. The van der Waals surface area contributed by atoms with Crippen molar-refractivity contribution in [3.63, 3.8) is 0 Å². The molecule has 6 heteroatoms. The fraction of sp³-hybridized carbons (Fsp3) is 0.650. The lowest BCUT2D eigenvalue weighted by Gasteiger charge is -2.41. The van der Waals surface area contributed by atoms with E-state index in [0.717, 1.165) is 63.9 Å². The quantitative estimate of drug-likeness (QED) is 0.772. The van der Waals surface area contributed by atoms with Gasteiger partial charge in [-0.2, -0.15) is 0 Å². The maximum absolute atomic E-state index is 12.7. The molecular weight excluding hydrogens is 330 g/mol. The zero-order chi connectivity index (χ0) is 18.6. The summed E-state index contributed by atoms with van der Waals surface area (Å²) in [6.45, 7) is 12.4. The van der Waals surface area contributed by atoms with Crippen molar-refractivity contribution in [2.75, 3.05) is 71.0 Å². The van der Waals surface area contributed by atoms with Crippen molar-refractivity contribution < 1.29 is 14.3 Å². The van der Waals surface area contributed by atoms with Crippen molar-refractivity contribution in [2.24, 2.45) is 5.41 Å². The highest BCUT2D eigenvalue weighted by Crippen LogP contribution is 2.24. The van der Waals surface area contributed by atoms with Crippen LogP contribution < -0.4 is 9.64 Å². The van der Waals surface area contributed by atoms with E-state index in [2.05, 4.69) is 23.6 Å². The Balaban J connectivity index is 1.53. The molecule has 0 bridgehead atoms. The number of hydrogen-bond acceptors (Lipinski definition) is 5. The van der Waals surface area contributed by atoms with Crippen LogP contribution in [0.15, 0.2) is 24.3 Å². The largest absolute Gasteiger partial charge is 0.497 e. The normalized spacial score (nSPS) is 20.4. The minimum Gasteiger partial charge on any atom is -0.497 e. The Kier molecular flexibility index (Phi) is 6.16. The SMILES string of the molecule is COc1ccc(N2CCN(CC(C)(C)CN3CCOCC3)CC2=O)cc1. The van der Waals surface area contributed by atoms with Gasteiger partial charge in [-0.1, -0.05) is 13.8 Å². The van der Waals surface area contributed by atoms with Gasteiger partial charge in [0.25, 0.3) is 0 Å². The van der Waals surface area contributed by atoms with Crippen LogP contribution in [0.1, 0.15) is 13.8 Å². The second-order valence-electron chi connectivity index (χ2n) is 8.01. The van der Waals surface area contributed by atoms with Gasteiger partial charge in [-0.3, -0.25) is 14.6 Å². The molecule has 1 aromatic rings. The third-order valence-corrected chi connectivity index (χ3v) is 5.09. The van der Waals surface area contributed by atoms with Gasteiger partial charge in [-0.25, -0.2) is 0 Å². The van der Waals surface area contributed by atoms with E-state index in [1.54, 1.807) is 7.11 Å². The van der Waals surface area contributed by atoms with Crippen LogP contribution in [0.2, 0.25) is 0 Å². The molecule has 0 spiro atoms. The average molecular weight is 361 g/mol. The van der Waals surface area contributed by atoms with Crippen LogP contribution >= 0.6 is 0 Å². The van der Waals surface area contributed by atoms with Crippen molar-refractivity contribution in [1.29, 1.82) is 0 Å². The van der Waals surface area contributed by atoms with Crippen LogP contribution in [-0.4, -0.2) is 81.8 Å². The third-order valence-electron chi connectivity index (χ3n) is 5.09. The van der Waals surface area contributed by atoms with E-state index in [0.29, 0.717) is 6.54 Å². The minimum atomic E-state index is 0.153. The average Bonchev–Trinajstić information content (AvgIpc) is 2.62. The van der Waals surface area contributed by atoms with Crippen molar-refractivity contribution in [1.82, 2.24) is 9.80 Å². The van der Waals surface area contributed by atoms with E-state index >= 15 is 0 Å². The van der Waals surface area contributed by atoms with Crippen LogP contribution in [0.3, 0.4) is 0 Å². The molecule has 2 heterocycles. The summed E-state index contributed by atoms with van der Waals surface area (Å²) in [5, 5.41) is 0. The molecule has 2 aliphatic heterocycles. The summed E-state index contributed by atoms with van der Waals surface area (Å²) in [6.07, 6.45) is 0. The van der Waals surface area contributed by atoms with Gasteiger partial charge in [0.1, 0.15) is 5.75 Å². The number of morpholine rings is 1. The van der Waals surface area contributed by atoms with Crippen molar-refractivity contribution >= 4 is 11.6 Å². The molecule has 1 aromatic carbocycles.